The van der Waals surface area contributed by atoms with Crippen LogP contribution >= 0.6 is 11.3 Å². The molecule has 3 heterocycles. The number of benzene rings is 1. The molecule has 1 amide bonds. The Bertz CT molecular complexity index is 1250. The van der Waals surface area contributed by atoms with Crippen molar-refractivity contribution in [3.63, 3.8) is 0 Å². The SMILES string of the molecule is CCn1ccc2cc(NC(=O)CCn3cnc4sc(C)c(C)c4c3=O)ccc21. The van der Waals surface area contributed by atoms with Crippen LogP contribution in [-0.2, 0) is 17.9 Å². The molecule has 1 aromatic carbocycles. The Morgan fingerprint density at radius 3 is 2.82 bits per heavy atom. The maximum Gasteiger partial charge on any atom is 0.262 e. The summed E-state index contributed by atoms with van der Waals surface area (Å²) in [6.45, 7) is 7.24. The molecule has 0 saturated carbocycles. The highest BCUT2D eigenvalue weighted by atomic mass is 32.1. The molecule has 0 atom stereocenters. The lowest BCUT2D eigenvalue weighted by Crippen LogP contribution is -2.23. The fourth-order valence-corrected chi connectivity index (χ4v) is 4.42. The third-order valence-corrected chi connectivity index (χ3v) is 6.25. The van der Waals surface area contributed by atoms with Gasteiger partial charge in [-0.1, -0.05) is 0 Å². The van der Waals surface area contributed by atoms with Crippen molar-refractivity contribution in [2.24, 2.45) is 0 Å². The van der Waals surface area contributed by atoms with Crippen LogP contribution in [0.15, 0.2) is 41.6 Å². The first-order chi connectivity index (χ1) is 13.5. The molecule has 7 heteroatoms. The van der Waals surface area contributed by atoms with Crippen molar-refractivity contribution in [1.82, 2.24) is 14.1 Å². The zero-order chi connectivity index (χ0) is 19.8. The molecule has 6 nitrogen and oxygen atoms in total. The molecule has 0 bridgehead atoms. The Morgan fingerprint density at radius 1 is 1.21 bits per heavy atom. The zero-order valence-corrected chi connectivity index (χ0v) is 17.0. The number of rotatable bonds is 5. The number of nitrogens with one attached hydrogen (secondary N) is 1. The number of carbonyl (C=O) groups excluding carboxylic acids is 1. The van der Waals surface area contributed by atoms with Gasteiger partial charge in [-0.3, -0.25) is 14.2 Å². The molecular formula is C21H22N4O2S. The highest BCUT2D eigenvalue weighted by Crippen LogP contribution is 2.25. The fourth-order valence-electron chi connectivity index (χ4n) is 3.43. The first-order valence-electron chi connectivity index (χ1n) is 9.32. The number of carbonyl (C=O) groups is 1. The first kappa shape index (κ1) is 18.4. The molecule has 0 radical (unpaired) electrons. The molecule has 0 unspecified atom stereocenters. The van der Waals surface area contributed by atoms with E-state index >= 15 is 0 Å². The van der Waals surface area contributed by atoms with Gasteiger partial charge < -0.3 is 9.88 Å². The van der Waals surface area contributed by atoms with Gasteiger partial charge in [0.2, 0.25) is 5.91 Å². The van der Waals surface area contributed by atoms with Crippen LogP contribution in [0.1, 0.15) is 23.8 Å². The topological polar surface area (TPSA) is 68.9 Å². The average Bonchev–Trinajstić information content (AvgIpc) is 3.21. The van der Waals surface area contributed by atoms with Gasteiger partial charge in [0.15, 0.2) is 0 Å². The van der Waals surface area contributed by atoms with Gasteiger partial charge >= 0.3 is 0 Å². The predicted octanol–water partition coefficient (Wildman–Crippen LogP) is 4.08. The van der Waals surface area contributed by atoms with Crippen LogP contribution in [0.4, 0.5) is 5.69 Å². The minimum absolute atomic E-state index is 0.0815. The summed E-state index contributed by atoms with van der Waals surface area (Å²) in [6, 6.07) is 7.93. The molecule has 4 aromatic rings. The van der Waals surface area contributed by atoms with Crippen LogP contribution in [-0.4, -0.2) is 20.0 Å². The molecule has 0 saturated heterocycles. The lowest BCUT2D eigenvalue weighted by molar-refractivity contribution is -0.116. The largest absolute Gasteiger partial charge is 0.348 e. The molecule has 0 aliphatic heterocycles. The molecular weight excluding hydrogens is 372 g/mol. The van der Waals surface area contributed by atoms with Gasteiger partial charge in [0, 0.05) is 47.2 Å². The highest BCUT2D eigenvalue weighted by Gasteiger charge is 2.13. The maximum absolute atomic E-state index is 12.7. The Balaban J connectivity index is 1.47. The minimum Gasteiger partial charge on any atom is -0.348 e. The Kier molecular flexibility index (Phi) is 4.77. The van der Waals surface area contributed by atoms with Crippen molar-refractivity contribution in [3.8, 4) is 0 Å². The number of aryl methyl sites for hydroxylation is 4. The van der Waals surface area contributed by atoms with Crippen LogP contribution in [0.3, 0.4) is 0 Å². The van der Waals surface area contributed by atoms with Crippen LogP contribution in [0.2, 0.25) is 0 Å². The summed E-state index contributed by atoms with van der Waals surface area (Å²) in [4.78, 5) is 31.3. The molecule has 4 rings (SSSR count). The lowest BCUT2D eigenvalue weighted by Gasteiger charge is -2.08. The Morgan fingerprint density at radius 2 is 2.04 bits per heavy atom. The number of amides is 1. The monoisotopic (exact) mass is 394 g/mol. The second-order valence-electron chi connectivity index (χ2n) is 6.88. The summed E-state index contributed by atoms with van der Waals surface area (Å²) >= 11 is 1.53. The van der Waals surface area contributed by atoms with Crippen molar-refractivity contribution in [3.05, 3.63) is 57.6 Å². The summed E-state index contributed by atoms with van der Waals surface area (Å²) in [5.41, 5.74) is 2.80. The summed E-state index contributed by atoms with van der Waals surface area (Å²) in [6.07, 6.45) is 3.79. The van der Waals surface area contributed by atoms with E-state index in [9.17, 15) is 9.59 Å². The molecule has 0 aliphatic rings. The number of anilines is 1. The van der Waals surface area contributed by atoms with Crippen molar-refractivity contribution < 1.29 is 4.79 Å². The molecule has 1 N–H and O–H groups in total. The van der Waals surface area contributed by atoms with E-state index in [2.05, 4.69) is 21.8 Å². The Hall–Kier alpha value is -2.93. The van der Waals surface area contributed by atoms with Gasteiger partial charge in [0.05, 0.1) is 11.7 Å². The number of aromatic nitrogens is 3. The normalized spacial score (nSPS) is 11.4. The predicted molar refractivity (Wildman–Crippen MR) is 114 cm³/mol. The maximum atomic E-state index is 12.7. The molecule has 144 valence electrons. The first-order valence-corrected chi connectivity index (χ1v) is 10.1. The van der Waals surface area contributed by atoms with E-state index in [1.165, 1.54) is 22.2 Å². The number of hydrogen-bond donors (Lipinski definition) is 1. The number of hydrogen-bond acceptors (Lipinski definition) is 4. The second-order valence-corrected chi connectivity index (χ2v) is 8.08. The second kappa shape index (κ2) is 7.24. The number of fused-ring (bicyclic) bond motifs is 2. The van der Waals surface area contributed by atoms with E-state index in [1.807, 2.05) is 44.3 Å². The van der Waals surface area contributed by atoms with Gasteiger partial charge in [0.25, 0.3) is 5.56 Å². The van der Waals surface area contributed by atoms with Crippen LogP contribution in [0.25, 0.3) is 21.1 Å². The molecule has 0 spiro atoms. The van der Waals surface area contributed by atoms with E-state index in [1.54, 1.807) is 0 Å². The van der Waals surface area contributed by atoms with Crippen LogP contribution in [0.5, 0.6) is 0 Å². The van der Waals surface area contributed by atoms with Gasteiger partial charge in [0.1, 0.15) is 4.83 Å². The summed E-state index contributed by atoms with van der Waals surface area (Å²) < 4.78 is 3.68. The van der Waals surface area contributed by atoms with Crippen molar-refractivity contribution in [2.45, 2.75) is 40.3 Å². The van der Waals surface area contributed by atoms with Gasteiger partial charge in [-0.2, -0.15) is 0 Å². The number of nitrogens with zero attached hydrogens (tertiary/aromatic N) is 3. The van der Waals surface area contributed by atoms with Crippen molar-refractivity contribution in [2.75, 3.05) is 5.32 Å². The van der Waals surface area contributed by atoms with Gasteiger partial charge in [-0.15, -0.1) is 11.3 Å². The summed E-state index contributed by atoms with van der Waals surface area (Å²) in [5, 5.41) is 4.68. The van der Waals surface area contributed by atoms with Crippen molar-refractivity contribution >= 4 is 44.1 Å². The quantitative estimate of drug-likeness (QED) is 0.555. The van der Waals surface area contributed by atoms with E-state index in [-0.39, 0.29) is 17.9 Å². The molecule has 3 aromatic heterocycles. The van der Waals surface area contributed by atoms with Gasteiger partial charge in [-0.05, 0) is 50.6 Å². The van der Waals surface area contributed by atoms with Gasteiger partial charge in [-0.25, -0.2) is 4.98 Å². The molecule has 0 aliphatic carbocycles. The standard InChI is InChI=1S/C21H22N4O2S/c1-4-24-9-7-15-11-16(5-6-17(15)24)23-18(26)8-10-25-12-22-20-19(21(25)27)13(2)14(3)28-20/h5-7,9,11-12H,4,8,10H2,1-3H3,(H,23,26). The highest BCUT2D eigenvalue weighted by molar-refractivity contribution is 7.18. The number of thiophene rings is 1. The summed E-state index contributed by atoms with van der Waals surface area (Å²) in [7, 11) is 0. The van der Waals surface area contributed by atoms with Crippen LogP contribution < -0.4 is 10.9 Å². The van der Waals surface area contributed by atoms with E-state index in [4.69, 9.17) is 0 Å². The van der Waals surface area contributed by atoms with E-state index < -0.39 is 0 Å². The smallest absolute Gasteiger partial charge is 0.262 e. The molecule has 28 heavy (non-hydrogen) atoms. The fraction of sp³-hybridized carbons (Fsp3) is 0.286. The third-order valence-electron chi connectivity index (χ3n) is 5.13. The molecule has 0 fully saturated rings. The average molecular weight is 395 g/mol. The van der Waals surface area contributed by atoms with E-state index in [0.717, 1.165) is 38.4 Å². The third kappa shape index (κ3) is 3.22. The van der Waals surface area contributed by atoms with E-state index in [0.29, 0.717) is 11.9 Å². The zero-order valence-electron chi connectivity index (χ0n) is 16.2. The minimum atomic E-state index is -0.125. The van der Waals surface area contributed by atoms with Crippen molar-refractivity contribution in [1.29, 1.82) is 0 Å². The lowest BCUT2D eigenvalue weighted by atomic mass is 10.2. The Labute approximate surface area is 166 Å². The van der Waals surface area contributed by atoms with Crippen LogP contribution in [0, 0.1) is 13.8 Å². The summed E-state index contributed by atoms with van der Waals surface area (Å²) in [5.74, 6) is -0.125.